The van der Waals surface area contributed by atoms with Crippen molar-refractivity contribution in [2.45, 2.75) is 6.10 Å². The Morgan fingerprint density at radius 3 is 2.78 bits per heavy atom. The van der Waals surface area contributed by atoms with Gasteiger partial charge in [0.2, 0.25) is 0 Å². The molecule has 1 unspecified atom stereocenters. The summed E-state index contributed by atoms with van der Waals surface area (Å²) >= 11 is 0. The van der Waals surface area contributed by atoms with Crippen LogP contribution in [0.15, 0.2) is 24.3 Å². The lowest BCUT2D eigenvalue weighted by Crippen LogP contribution is -2.27. The van der Waals surface area contributed by atoms with Gasteiger partial charge in [-0.15, -0.1) is 0 Å². The van der Waals surface area contributed by atoms with Crippen LogP contribution in [-0.2, 0) is 9.47 Å². The van der Waals surface area contributed by atoms with Crippen LogP contribution in [0.1, 0.15) is 0 Å². The largest absolute Gasteiger partial charge is 0.446 e. The summed E-state index contributed by atoms with van der Waals surface area (Å²) in [5, 5.41) is 0. The highest BCUT2D eigenvalue weighted by atomic mass is 19.1. The third-order valence-electron chi connectivity index (χ3n) is 2.42. The van der Waals surface area contributed by atoms with Crippen molar-refractivity contribution < 1.29 is 23.5 Å². The number of nitrogens with two attached hydrogens (primary N) is 1. The number of carbonyl (C=O) groups is 2. The molecule has 96 valence electrons. The molecule has 0 spiro atoms. The summed E-state index contributed by atoms with van der Waals surface area (Å²) in [5.74, 6) is -0.389. The first-order valence-electron chi connectivity index (χ1n) is 5.22. The summed E-state index contributed by atoms with van der Waals surface area (Å²) < 4.78 is 22.3. The average molecular weight is 254 g/mol. The van der Waals surface area contributed by atoms with Crippen LogP contribution in [0.3, 0.4) is 0 Å². The third kappa shape index (κ3) is 2.68. The Morgan fingerprint density at radius 1 is 1.50 bits per heavy atom. The SMILES string of the molecule is NC(=O)OCC1CN(c2ccc(F)cc2)C(=O)O1. The number of anilines is 1. The second-order valence-corrected chi connectivity index (χ2v) is 3.72. The van der Waals surface area contributed by atoms with Gasteiger partial charge in [-0.2, -0.15) is 0 Å². The van der Waals surface area contributed by atoms with Gasteiger partial charge in [-0.05, 0) is 24.3 Å². The average Bonchev–Trinajstić information content (AvgIpc) is 2.69. The number of cyclic esters (lactones) is 1. The molecule has 0 aliphatic carbocycles. The highest BCUT2D eigenvalue weighted by molar-refractivity contribution is 5.89. The highest BCUT2D eigenvalue weighted by Gasteiger charge is 2.32. The van der Waals surface area contributed by atoms with Crippen LogP contribution in [0.5, 0.6) is 0 Å². The minimum Gasteiger partial charge on any atom is -0.446 e. The first kappa shape index (κ1) is 12.2. The molecule has 2 amide bonds. The van der Waals surface area contributed by atoms with E-state index in [-0.39, 0.29) is 19.0 Å². The van der Waals surface area contributed by atoms with Crippen LogP contribution in [0.2, 0.25) is 0 Å². The van der Waals surface area contributed by atoms with E-state index in [2.05, 4.69) is 4.74 Å². The van der Waals surface area contributed by atoms with Crippen molar-refractivity contribution in [1.82, 2.24) is 0 Å². The van der Waals surface area contributed by atoms with Crippen molar-refractivity contribution in [2.75, 3.05) is 18.1 Å². The van der Waals surface area contributed by atoms with Gasteiger partial charge in [-0.3, -0.25) is 4.90 Å². The Bertz CT molecular complexity index is 463. The van der Waals surface area contributed by atoms with Crippen LogP contribution >= 0.6 is 0 Å². The van der Waals surface area contributed by atoms with Crippen molar-refractivity contribution in [2.24, 2.45) is 5.73 Å². The number of hydrogen-bond acceptors (Lipinski definition) is 4. The molecule has 1 aliphatic rings. The van der Waals surface area contributed by atoms with Crippen LogP contribution < -0.4 is 10.6 Å². The van der Waals surface area contributed by atoms with Crippen molar-refractivity contribution in [3.63, 3.8) is 0 Å². The molecular formula is C11H11FN2O4. The summed E-state index contributed by atoms with van der Waals surface area (Å²) in [6, 6.07) is 5.42. The van der Waals surface area contributed by atoms with E-state index >= 15 is 0 Å². The van der Waals surface area contributed by atoms with E-state index in [1.165, 1.54) is 29.2 Å². The lowest BCUT2D eigenvalue weighted by Gasteiger charge is -2.12. The summed E-state index contributed by atoms with van der Waals surface area (Å²) in [7, 11) is 0. The standard InChI is InChI=1S/C11H11FN2O4/c12-7-1-3-8(4-2-7)14-5-9(18-11(14)16)6-17-10(13)15/h1-4,9H,5-6H2,(H2,13,15). The fraction of sp³-hybridized carbons (Fsp3) is 0.273. The summed E-state index contributed by atoms with van der Waals surface area (Å²) in [6.45, 7) is 0.122. The van der Waals surface area contributed by atoms with Gasteiger partial charge >= 0.3 is 12.2 Å². The number of carbonyl (C=O) groups excluding carboxylic acids is 2. The Morgan fingerprint density at radius 2 is 2.17 bits per heavy atom. The normalized spacial score (nSPS) is 18.6. The molecule has 2 rings (SSSR count). The van der Waals surface area contributed by atoms with E-state index in [1.54, 1.807) is 0 Å². The van der Waals surface area contributed by atoms with Gasteiger partial charge in [0.15, 0.2) is 6.10 Å². The smallest absolute Gasteiger partial charge is 0.414 e. The van der Waals surface area contributed by atoms with Crippen LogP contribution in [0, 0.1) is 5.82 Å². The van der Waals surface area contributed by atoms with Gasteiger partial charge in [0, 0.05) is 5.69 Å². The number of hydrogen-bond donors (Lipinski definition) is 1. The lowest BCUT2D eigenvalue weighted by atomic mass is 10.2. The van der Waals surface area contributed by atoms with Crippen molar-refractivity contribution in [3.8, 4) is 0 Å². The third-order valence-corrected chi connectivity index (χ3v) is 2.42. The number of rotatable bonds is 3. The first-order chi connectivity index (χ1) is 8.56. The monoisotopic (exact) mass is 254 g/mol. The van der Waals surface area contributed by atoms with Gasteiger partial charge in [0.25, 0.3) is 0 Å². The Balaban J connectivity index is 2.00. The molecule has 2 N–H and O–H groups in total. The van der Waals surface area contributed by atoms with E-state index in [4.69, 9.17) is 10.5 Å². The summed E-state index contributed by atoms with van der Waals surface area (Å²) in [6.07, 6.45) is -2.07. The maximum atomic E-state index is 12.8. The maximum absolute atomic E-state index is 12.8. The van der Waals surface area contributed by atoms with E-state index in [0.717, 1.165) is 0 Å². The molecule has 0 radical (unpaired) electrons. The number of amides is 2. The van der Waals surface area contributed by atoms with Gasteiger partial charge < -0.3 is 15.2 Å². The quantitative estimate of drug-likeness (QED) is 0.879. The summed E-state index contributed by atoms with van der Waals surface area (Å²) in [4.78, 5) is 23.3. The molecule has 1 fully saturated rings. The molecule has 0 saturated carbocycles. The Hall–Kier alpha value is -2.31. The summed E-state index contributed by atoms with van der Waals surface area (Å²) in [5.41, 5.74) is 5.33. The van der Waals surface area contributed by atoms with Crippen molar-refractivity contribution in [3.05, 3.63) is 30.1 Å². The molecule has 1 heterocycles. The molecule has 18 heavy (non-hydrogen) atoms. The van der Waals surface area contributed by atoms with Gasteiger partial charge in [-0.1, -0.05) is 0 Å². The molecule has 6 nitrogen and oxygen atoms in total. The van der Waals surface area contributed by atoms with Gasteiger partial charge in [-0.25, -0.2) is 14.0 Å². The topological polar surface area (TPSA) is 81.9 Å². The van der Waals surface area contributed by atoms with Crippen molar-refractivity contribution in [1.29, 1.82) is 0 Å². The lowest BCUT2D eigenvalue weighted by molar-refractivity contribution is 0.0779. The van der Waals surface area contributed by atoms with Crippen molar-refractivity contribution >= 4 is 17.9 Å². The molecule has 1 aliphatic heterocycles. The maximum Gasteiger partial charge on any atom is 0.414 e. The van der Waals surface area contributed by atoms with Crippen LogP contribution in [-0.4, -0.2) is 31.4 Å². The molecule has 0 bridgehead atoms. The minimum absolute atomic E-state index is 0.0984. The predicted molar refractivity (Wildman–Crippen MR) is 59.6 cm³/mol. The zero-order chi connectivity index (χ0) is 13.1. The van der Waals surface area contributed by atoms with Crippen LogP contribution in [0.25, 0.3) is 0 Å². The minimum atomic E-state index is -0.925. The molecular weight excluding hydrogens is 243 g/mol. The molecule has 1 saturated heterocycles. The molecule has 0 aromatic heterocycles. The number of benzene rings is 1. The van der Waals surface area contributed by atoms with E-state index in [0.29, 0.717) is 5.69 Å². The fourth-order valence-corrected chi connectivity index (χ4v) is 1.62. The van der Waals surface area contributed by atoms with E-state index in [1.807, 2.05) is 0 Å². The van der Waals surface area contributed by atoms with Crippen LogP contribution in [0.4, 0.5) is 19.7 Å². The van der Waals surface area contributed by atoms with E-state index < -0.39 is 18.3 Å². The zero-order valence-electron chi connectivity index (χ0n) is 9.34. The zero-order valence-corrected chi connectivity index (χ0v) is 9.34. The molecule has 1 aromatic carbocycles. The van der Waals surface area contributed by atoms with Gasteiger partial charge in [0.1, 0.15) is 12.4 Å². The number of primary amides is 1. The molecule has 7 heteroatoms. The Labute approximate surface area is 102 Å². The fourth-order valence-electron chi connectivity index (χ4n) is 1.62. The number of ether oxygens (including phenoxy) is 2. The molecule has 1 atom stereocenters. The second kappa shape index (κ2) is 4.91. The molecule has 1 aromatic rings. The van der Waals surface area contributed by atoms with Gasteiger partial charge in [0.05, 0.1) is 6.54 Å². The Kier molecular flexibility index (Phi) is 3.31. The number of halogens is 1. The highest BCUT2D eigenvalue weighted by Crippen LogP contribution is 2.21. The first-order valence-corrected chi connectivity index (χ1v) is 5.22. The van der Waals surface area contributed by atoms with E-state index in [9.17, 15) is 14.0 Å². The second-order valence-electron chi connectivity index (χ2n) is 3.72. The number of nitrogens with zero attached hydrogens (tertiary/aromatic N) is 1. The predicted octanol–water partition coefficient (Wildman–Crippen LogP) is 1.25.